The summed E-state index contributed by atoms with van der Waals surface area (Å²) >= 11 is 0. The fourth-order valence-electron chi connectivity index (χ4n) is 2.52. The molecule has 0 amide bonds. The number of morpholine rings is 1. The predicted molar refractivity (Wildman–Crippen MR) is 85.3 cm³/mol. The van der Waals surface area contributed by atoms with Crippen LogP contribution in [0.15, 0.2) is 42.6 Å². The van der Waals surface area contributed by atoms with E-state index in [2.05, 4.69) is 15.6 Å². The second-order valence-corrected chi connectivity index (χ2v) is 5.65. The summed E-state index contributed by atoms with van der Waals surface area (Å²) in [5.74, 6) is 0.371. The zero-order valence-electron chi connectivity index (χ0n) is 12.9. The SMILES string of the molecule is FC(F)(F)c1ccc(Nc2ccc(C[C@H]3CNCCO3)cc2)nc1. The highest BCUT2D eigenvalue weighted by Gasteiger charge is 2.30. The minimum Gasteiger partial charge on any atom is -0.375 e. The maximum absolute atomic E-state index is 12.5. The van der Waals surface area contributed by atoms with E-state index in [1.807, 2.05) is 24.3 Å². The topological polar surface area (TPSA) is 46.2 Å². The van der Waals surface area contributed by atoms with E-state index in [0.717, 1.165) is 49.6 Å². The summed E-state index contributed by atoms with van der Waals surface area (Å²) in [6.07, 6.45) is -2.55. The first-order chi connectivity index (χ1) is 11.5. The van der Waals surface area contributed by atoms with Crippen LogP contribution in [0.2, 0.25) is 0 Å². The highest BCUT2D eigenvalue weighted by atomic mass is 19.4. The largest absolute Gasteiger partial charge is 0.417 e. The predicted octanol–water partition coefficient (Wildman–Crippen LogP) is 3.37. The smallest absolute Gasteiger partial charge is 0.375 e. The Kier molecular flexibility index (Phi) is 5.01. The van der Waals surface area contributed by atoms with Gasteiger partial charge in [0.2, 0.25) is 0 Å². The van der Waals surface area contributed by atoms with Crippen molar-refractivity contribution < 1.29 is 17.9 Å². The summed E-state index contributed by atoms with van der Waals surface area (Å²) in [5, 5.41) is 6.28. The number of nitrogens with zero attached hydrogens (tertiary/aromatic N) is 1. The Morgan fingerprint density at radius 3 is 2.54 bits per heavy atom. The van der Waals surface area contributed by atoms with Crippen LogP contribution in [0.1, 0.15) is 11.1 Å². The molecular weight excluding hydrogens is 319 g/mol. The summed E-state index contributed by atoms with van der Waals surface area (Å²) in [4.78, 5) is 3.80. The molecular formula is C17H18F3N3O. The van der Waals surface area contributed by atoms with Crippen molar-refractivity contribution in [2.24, 2.45) is 0 Å². The van der Waals surface area contributed by atoms with Gasteiger partial charge in [0, 0.05) is 25.0 Å². The number of ether oxygens (including phenoxy) is 1. The third-order valence-corrected chi connectivity index (χ3v) is 3.78. The molecule has 7 heteroatoms. The molecule has 2 heterocycles. The number of hydrogen-bond donors (Lipinski definition) is 2. The Morgan fingerprint density at radius 2 is 1.96 bits per heavy atom. The Bertz CT molecular complexity index is 650. The van der Waals surface area contributed by atoms with Gasteiger partial charge in [0.25, 0.3) is 0 Å². The van der Waals surface area contributed by atoms with Crippen LogP contribution < -0.4 is 10.6 Å². The molecule has 1 aromatic carbocycles. The van der Waals surface area contributed by atoms with Gasteiger partial charge in [0.15, 0.2) is 0 Å². The molecule has 2 aromatic rings. The van der Waals surface area contributed by atoms with Crippen molar-refractivity contribution in [3.63, 3.8) is 0 Å². The third kappa shape index (κ3) is 4.46. The van der Waals surface area contributed by atoms with Gasteiger partial charge in [-0.2, -0.15) is 13.2 Å². The number of alkyl halides is 3. The van der Waals surface area contributed by atoms with E-state index in [9.17, 15) is 13.2 Å². The fourth-order valence-corrected chi connectivity index (χ4v) is 2.52. The molecule has 1 aliphatic rings. The summed E-state index contributed by atoms with van der Waals surface area (Å²) in [5.41, 5.74) is 1.16. The minimum absolute atomic E-state index is 0.175. The lowest BCUT2D eigenvalue weighted by atomic mass is 10.1. The highest BCUT2D eigenvalue weighted by molar-refractivity contribution is 5.56. The zero-order valence-corrected chi connectivity index (χ0v) is 12.9. The fraction of sp³-hybridized carbons (Fsp3) is 0.353. The molecule has 0 aliphatic carbocycles. The molecule has 1 fully saturated rings. The standard InChI is InChI=1S/C17H18F3N3O/c18-17(19,20)13-3-6-16(22-10-13)23-14-4-1-12(2-5-14)9-15-11-21-7-8-24-15/h1-6,10,15,21H,7-9,11H2,(H,22,23)/t15-/m0/s1. The first-order valence-corrected chi connectivity index (χ1v) is 7.72. The van der Waals surface area contributed by atoms with Crippen LogP contribution in [-0.4, -0.2) is 30.8 Å². The van der Waals surface area contributed by atoms with Crippen LogP contribution in [0.5, 0.6) is 0 Å². The first-order valence-electron chi connectivity index (χ1n) is 7.72. The molecule has 0 saturated carbocycles. The summed E-state index contributed by atoms with van der Waals surface area (Å²) in [7, 11) is 0. The maximum Gasteiger partial charge on any atom is 0.417 e. The molecule has 1 saturated heterocycles. The van der Waals surface area contributed by atoms with Crippen LogP contribution in [-0.2, 0) is 17.3 Å². The van der Waals surface area contributed by atoms with Gasteiger partial charge in [0.05, 0.1) is 18.3 Å². The van der Waals surface area contributed by atoms with Gasteiger partial charge in [-0.15, -0.1) is 0 Å². The van der Waals surface area contributed by atoms with Gasteiger partial charge in [-0.05, 0) is 36.2 Å². The lowest BCUT2D eigenvalue weighted by Crippen LogP contribution is -2.39. The van der Waals surface area contributed by atoms with Gasteiger partial charge in [0.1, 0.15) is 5.82 Å². The van der Waals surface area contributed by atoms with Crippen LogP contribution in [0.25, 0.3) is 0 Å². The zero-order chi connectivity index (χ0) is 17.0. The van der Waals surface area contributed by atoms with Gasteiger partial charge in [-0.1, -0.05) is 12.1 Å². The normalized spacial score (nSPS) is 18.4. The molecule has 0 bridgehead atoms. The quantitative estimate of drug-likeness (QED) is 0.898. The highest BCUT2D eigenvalue weighted by Crippen LogP contribution is 2.29. The second kappa shape index (κ2) is 7.19. The van der Waals surface area contributed by atoms with Crippen LogP contribution in [0.3, 0.4) is 0 Å². The number of nitrogens with one attached hydrogen (secondary N) is 2. The number of rotatable bonds is 4. The Balaban J connectivity index is 1.59. The molecule has 1 aromatic heterocycles. The second-order valence-electron chi connectivity index (χ2n) is 5.65. The van der Waals surface area contributed by atoms with E-state index in [1.54, 1.807) is 0 Å². The molecule has 0 spiro atoms. The Hall–Kier alpha value is -2.12. The third-order valence-electron chi connectivity index (χ3n) is 3.78. The average Bonchev–Trinajstić information content (AvgIpc) is 2.57. The van der Waals surface area contributed by atoms with Gasteiger partial charge < -0.3 is 15.4 Å². The number of hydrogen-bond acceptors (Lipinski definition) is 4. The van der Waals surface area contributed by atoms with Crippen molar-refractivity contribution in [1.29, 1.82) is 0 Å². The van der Waals surface area contributed by atoms with Gasteiger partial charge in [-0.3, -0.25) is 0 Å². The van der Waals surface area contributed by atoms with E-state index in [1.165, 1.54) is 6.07 Å². The molecule has 1 aliphatic heterocycles. The lowest BCUT2D eigenvalue weighted by molar-refractivity contribution is -0.137. The lowest BCUT2D eigenvalue weighted by Gasteiger charge is -2.23. The molecule has 0 unspecified atom stereocenters. The molecule has 24 heavy (non-hydrogen) atoms. The van der Waals surface area contributed by atoms with E-state index in [4.69, 9.17) is 4.74 Å². The van der Waals surface area contributed by atoms with Crippen molar-refractivity contribution in [3.05, 3.63) is 53.7 Å². The Morgan fingerprint density at radius 1 is 1.17 bits per heavy atom. The summed E-state index contributed by atoms with van der Waals surface area (Å²) < 4.78 is 43.2. The molecule has 128 valence electrons. The van der Waals surface area contributed by atoms with E-state index in [-0.39, 0.29) is 6.10 Å². The molecule has 0 radical (unpaired) electrons. The number of aromatic nitrogens is 1. The number of pyridine rings is 1. The van der Waals surface area contributed by atoms with Crippen LogP contribution >= 0.6 is 0 Å². The monoisotopic (exact) mass is 337 g/mol. The number of anilines is 2. The van der Waals surface area contributed by atoms with E-state index in [0.29, 0.717) is 5.82 Å². The summed E-state index contributed by atoms with van der Waals surface area (Å²) in [6, 6.07) is 10.0. The molecule has 4 nitrogen and oxygen atoms in total. The maximum atomic E-state index is 12.5. The van der Waals surface area contributed by atoms with Crippen molar-refractivity contribution >= 4 is 11.5 Å². The number of benzene rings is 1. The minimum atomic E-state index is -4.37. The summed E-state index contributed by atoms with van der Waals surface area (Å²) in [6.45, 7) is 2.46. The average molecular weight is 337 g/mol. The van der Waals surface area contributed by atoms with E-state index >= 15 is 0 Å². The van der Waals surface area contributed by atoms with Crippen LogP contribution in [0.4, 0.5) is 24.7 Å². The van der Waals surface area contributed by atoms with Crippen molar-refractivity contribution in [2.75, 3.05) is 25.0 Å². The van der Waals surface area contributed by atoms with Crippen molar-refractivity contribution in [3.8, 4) is 0 Å². The van der Waals surface area contributed by atoms with Crippen LogP contribution in [0, 0.1) is 0 Å². The molecule has 3 rings (SSSR count). The first kappa shape index (κ1) is 16.7. The van der Waals surface area contributed by atoms with Crippen molar-refractivity contribution in [1.82, 2.24) is 10.3 Å². The van der Waals surface area contributed by atoms with Crippen molar-refractivity contribution in [2.45, 2.75) is 18.7 Å². The molecule has 2 N–H and O–H groups in total. The Labute approximate surface area is 138 Å². The van der Waals surface area contributed by atoms with Gasteiger partial charge >= 0.3 is 6.18 Å². The van der Waals surface area contributed by atoms with E-state index < -0.39 is 11.7 Å². The number of halogens is 3. The van der Waals surface area contributed by atoms with Gasteiger partial charge in [-0.25, -0.2) is 4.98 Å². The molecule has 1 atom stereocenters.